The van der Waals surface area contributed by atoms with Crippen LogP contribution in [0.25, 0.3) is 0 Å². The zero-order valence-electron chi connectivity index (χ0n) is 8.70. The summed E-state index contributed by atoms with van der Waals surface area (Å²) in [5.74, 6) is -0.234. The van der Waals surface area contributed by atoms with E-state index in [4.69, 9.17) is 28.5 Å². The highest BCUT2D eigenvalue weighted by Gasteiger charge is 2.16. The van der Waals surface area contributed by atoms with Gasteiger partial charge in [0.25, 0.3) is 5.91 Å². The first-order valence-electron chi connectivity index (χ1n) is 4.64. The summed E-state index contributed by atoms with van der Waals surface area (Å²) in [5.41, 5.74) is 0.356. The molecular weight excluding hydrogens is 247 g/mol. The van der Waals surface area contributed by atoms with Crippen molar-refractivity contribution in [2.24, 2.45) is 0 Å². The number of hydrogen-bond donors (Lipinski definition) is 0. The van der Waals surface area contributed by atoms with Crippen LogP contribution in [0.1, 0.15) is 16.8 Å². The topological polar surface area (TPSA) is 44.1 Å². The van der Waals surface area contributed by atoms with Crippen molar-refractivity contribution in [1.29, 1.82) is 5.26 Å². The first-order chi connectivity index (χ1) is 7.57. The summed E-state index contributed by atoms with van der Waals surface area (Å²) in [5, 5.41) is 9.03. The third-order valence-electron chi connectivity index (χ3n) is 2.09. The number of amides is 1. The van der Waals surface area contributed by atoms with Crippen molar-refractivity contribution < 1.29 is 4.79 Å². The van der Waals surface area contributed by atoms with Gasteiger partial charge in [-0.05, 0) is 12.1 Å². The lowest BCUT2D eigenvalue weighted by molar-refractivity contribution is 0.0798. The molecule has 0 fully saturated rings. The molecule has 0 aromatic heterocycles. The molecule has 0 bridgehead atoms. The van der Waals surface area contributed by atoms with E-state index < -0.39 is 0 Å². The van der Waals surface area contributed by atoms with Gasteiger partial charge in [0.1, 0.15) is 0 Å². The minimum atomic E-state index is -0.234. The Morgan fingerprint density at radius 1 is 1.50 bits per heavy atom. The van der Waals surface area contributed by atoms with Crippen molar-refractivity contribution in [3.05, 3.63) is 33.8 Å². The highest BCUT2D eigenvalue weighted by atomic mass is 35.5. The average Bonchev–Trinajstić information content (AvgIpc) is 2.28. The lowest BCUT2D eigenvalue weighted by Gasteiger charge is -2.16. The zero-order chi connectivity index (χ0) is 12.1. The molecule has 1 aromatic rings. The second-order valence-electron chi connectivity index (χ2n) is 3.24. The van der Waals surface area contributed by atoms with Gasteiger partial charge in [0, 0.05) is 13.6 Å². The molecule has 0 spiro atoms. The molecule has 0 aliphatic rings. The highest BCUT2D eigenvalue weighted by Crippen LogP contribution is 2.26. The van der Waals surface area contributed by atoms with Crippen molar-refractivity contribution in [3.63, 3.8) is 0 Å². The summed E-state index contributed by atoms with van der Waals surface area (Å²) in [4.78, 5) is 13.3. The first-order valence-corrected chi connectivity index (χ1v) is 5.40. The van der Waals surface area contributed by atoms with Gasteiger partial charge in [-0.15, -0.1) is 0 Å². The van der Waals surface area contributed by atoms with Crippen LogP contribution in [0.15, 0.2) is 18.2 Å². The Hall–Kier alpha value is -1.24. The second kappa shape index (κ2) is 5.74. The number of hydrogen-bond acceptors (Lipinski definition) is 2. The molecule has 0 atom stereocenters. The SMILES string of the molecule is CN(CCC#N)C(=O)c1cccc(Cl)c1Cl. The van der Waals surface area contributed by atoms with Gasteiger partial charge in [-0.2, -0.15) is 5.26 Å². The molecule has 1 rings (SSSR count). The van der Waals surface area contributed by atoms with Gasteiger partial charge in [0.05, 0.1) is 28.1 Å². The van der Waals surface area contributed by atoms with Crippen molar-refractivity contribution >= 4 is 29.1 Å². The molecule has 0 aliphatic carbocycles. The third kappa shape index (κ3) is 2.88. The van der Waals surface area contributed by atoms with Gasteiger partial charge in [-0.3, -0.25) is 4.79 Å². The molecule has 0 radical (unpaired) electrons. The predicted octanol–water partition coefficient (Wildman–Crippen LogP) is 2.98. The van der Waals surface area contributed by atoms with Crippen molar-refractivity contribution in [1.82, 2.24) is 4.90 Å². The molecule has 5 heteroatoms. The maximum absolute atomic E-state index is 11.9. The molecular formula is C11H10Cl2N2O. The molecule has 84 valence electrons. The Bertz CT molecular complexity index is 440. The fourth-order valence-electron chi connectivity index (χ4n) is 1.19. The smallest absolute Gasteiger partial charge is 0.255 e. The fraction of sp³-hybridized carbons (Fsp3) is 0.273. The average molecular weight is 257 g/mol. The second-order valence-corrected chi connectivity index (χ2v) is 4.02. The summed E-state index contributed by atoms with van der Waals surface area (Å²) < 4.78 is 0. The number of nitrogens with zero attached hydrogens (tertiary/aromatic N) is 2. The minimum Gasteiger partial charge on any atom is -0.341 e. The number of rotatable bonds is 3. The molecule has 0 saturated heterocycles. The Kier molecular flexibility index (Phi) is 4.60. The van der Waals surface area contributed by atoms with Gasteiger partial charge in [-0.25, -0.2) is 0 Å². The standard InChI is InChI=1S/C11H10Cl2N2O/c1-15(7-3-6-14)11(16)8-4-2-5-9(12)10(8)13/h2,4-5H,3,7H2,1H3. The molecule has 16 heavy (non-hydrogen) atoms. The van der Waals surface area contributed by atoms with Gasteiger partial charge >= 0.3 is 0 Å². The lowest BCUT2D eigenvalue weighted by Crippen LogP contribution is -2.27. The summed E-state index contributed by atoms with van der Waals surface area (Å²) in [6.45, 7) is 0.373. The molecule has 0 heterocycles. The lowest BCUT2D eigenvalue weighted by atomic mass is 10.2. The van der Waals surface area contributed by atoms with Crippen molar-refractivity contribution in [2.75, 3.05) is 13.6 Å². The molecule has 1 aromatic carbocycles. The van der Waals surface area contributed by atoms with E-state index in [1.54, 1.807) is 25.2 Å². The summed E-state index contributed by atoms with van der Waals surface area (Å²) in [6.07, 6.45) is 0.292. The number of benzene rings is 1. The van der Waals surface area contributed by atoms with E-state index in [0.717, 1.165) is 0 Å². The van der Waals surface area contributed by atoms with Crippen LogP contribution in [0.5, 0.6) is 0 Å². The van der Waals surface area contributed by atoms with Gasteiger partial charge in [0.15, 0.2) is 0 Å². The number of carbonyl (C=O) groups is 1. The zero-order valence-corrected chi connectivity index (χ0v) is 10.2. The molecule has 0 aliphatic heterocycles. The Morgan fingerprint density at radius 2 is 2.19 bits per heavy atom. The van der Waals surface area contributed by atoms with Gasteiger partial charge in [-0.1, -0.05) is 29.3 Å². The van der Waals surface area contributed by atoms with E-state index >= 15 is 0 Å². The Balaban J connectivity index is 2.89. The van der Waals surface area contributed by atoms with Crippen molar-refractivity contribution in [3.8, 4) is 6.07 Å². The van der Waals surface area contributed by atoms with E-state index in [9.17, 15) is 4.79 Å². The first kappa shape index (κ1) is 12.8. The van der Waals surface area contributed by atoms with Crippen LogP contribution in [-0.2, 0) is 0 Å². The van der Waals surface area contributed by atoms with E-state index in [1.807, 2.05) is 6.07 Å². The third-order valence-corrected chi connectivity index (χ3v) is 2.91. The highest BCUT2D eigenvalue weighted by molar-refractivity contribution is 6.43. The monoisotopic (exact) mass is 256 g/mol. The van der Waals surface area contributed by atoms with Crippen LogP contribution in [0, 0.1) is 11.3 Å². The summed E-state index contributed by atoms with van der Waals surface area (Å²) >= 11 is 11.7. The van der Waals surface area contributed by atoms with Crippen LogP contribution in [0.4, 0.5) is 0 Å². The Labute approximate surface area is 104 Å². The maximum atomic E-state index is 11.9. The maximum Gasteiger partial charge on any atom is 0.255 e. The minimum absolute atomic E-state index is 0.234. The summed E-state index contributed by atoms with van der Waals surface area (Å²) in [6, 6.07) is 6.88. The van der Waals surface area contributed by atoms with E-state index in [-0.39, 0.29) is 10.9 Å². The largest absolute Gasteiger partial charge is 0.341 e. The predicted molar refractivity (Wildman–Crippen MR) is 63.7 cm³/mol. The molecule has 0 saturated carbocycles. The molecule has 1 amide bonds. The quantitative estimate of drug-likeness (QED) is 0.835. The van der Waals surface area contributed by atoms with E-state index in [1.165, 1.54) is 4.90 Å². The van der Waals surface area contributed by atoms with E-state index in [2.05, 4.69) is 0 Å². The van der Waals surface area contributed by atoms with E-state index in [0.29, 0.717) is 23.6 Å². The number of halogens is 2. The van der Waals surface area contributed by atoms with Crippen LogP contribution >= 0.6 is 23.2 Å². The van der Waals surface area contributed by atoms with Crippen LogP contribution in [0.2, 0.25) is 10.0 Å². The van der Waals surface area contributed by atoms with Crippen LogP contribution in [0.3, 0.4) is 0 Å². The van der Waals surface area contributed by atoms with Gasteiger partial charge < -0.3 is 4.90 Å². The van der Waals surface area contributed by atoms with Crippen LogP contribution in [-0.4, -0.2) is 24.4 Å². The Morgan fingerprint density at radius 3 is 2.81 bits per heavy atom. The molecule has 0 unspecified atom stereocenters. The van der Waals surface area contributed by atoms with Crippen LogP contribution < -0.4 is 0 Å². The molecule has 0 N–H and O–H groups in total. The number of carbonyl (C=O) groups excluding carboxylic acids is 1. The number of nitriles is 1. The molecule has 3 nitrogen and oxygen atoms in total. The van der Waals surface area contributed by atoms with Gasteiger partial charge in [0.2, 0.25) is 0 Å². The van der Waals surface area contributed by atoms with Crippen molar-refractivity contribution in [2.45, 2.75) is 6.42 Å². The summed E-state index contributed by atoms with van der Waals surface area (Å²) in [7, 11) is 1.62. The fourth-order valence-corrected chi connectivity index (χ4v) is 1.58. The normalized spacial score (nSPS) is 9.62.